The number of halogens is 1. The largest absolute Gasteiger partial charge is 0.503 e. The molecule has 1 aliphatic heterocycles. The highest BCUT2D eigenvalue weighted by atomic mass is 19.1. The number of Topliss-reactive ketones (excluding diaryl/α,β-unsaturated/α-hetero) is 1. The predicted octanol–water partition coefficient (Wildman–Crippen LogP) is 3.62. The van der Waals surface area contributed by atoms with Gasteiger partial charge in [0, 0.05) is 5.69 Å². The van der Waals surface area contributed by atoms with Gasteiger partial charge in [0.05, 0.1) is 11.6 Å². The lowest BCUT2D eigenvalue weighted by Gasteiger charge is -2.26. The number of ketones is 1. The van der Waals surface area contributed by atoms with Gasteiger partial charge >= 0.3 is 0 Å². The minimum Gasteiger partial charge on any atom is -0.503 e. The van der Waals surface area contributed by atoms with Crippen molar-refractivity contribution in [1.29, 1.82) is 0 Å². The summed E-state index contributed by atoms with van der Waals surface area (Å²) in [4.78, 5) is 25.9. The summed E-state index contributed by atoms with van der Waals surface area (Å²) in [5.41, 5.74) is 2.20. The van der Waals surface area contributed by atoms with Gasteiger partial charge in [-0.1, -0.05) is 29.8 Å². The molecule has 3 rings (SSSR count). The molecular weight excluding hydrogens is 309 g/mol. The zero-order valence-corrected chi connectivity index (χ0v) is 13.3. The molecule has 4 nitrogen and oxygen atoms in total. The topological polar surface area (TPSA) is 57.6 Å². The highest BCUT2D eigenvalue weighted by Gasteiger charge is 2.43. The number of rotatable bonds is 3. The van der Waals surface area contributed by atoms with Crippen molar-refractivity contribution >= 4 is 17.4 Å². The maximum atomic E-state index is 13.2. The van der Waals surface area contributed by atoms with Gasteiger partial charge in [0.25, 0.3) is 5.91 Å². The number of anilines is 1. The number of aryl methyl sites for hydroxylation is 1. The fraction of sp³-hybridized carbons (Fsp3) is 0.158. The number of aliphatic hydroxyl groups is 1. The Labute approximate surface area is 138 Å². The van der Waals surface area contributed by atoms with E-state index in [0.29, 0.717) is 11.3 Å². The molecule has 0 fully saturated rings. The zero-order valence-electron chi connectivity index (χ0n) is 13.3. The van der Waals surface area contributed by atoms with Gasteiger partial charge in [-0.05, 0) is 43.7 Å². The zero-order chi connectivity index (χ0) is 17.4. The summed E-state index contributed by atoms with van der Waals surface area (Å²) in [7, 11) is 0. The van der Waals surface area contributed by atoms with Crippen LogP contribution in [-0.2, 0) is 9.59 Å². The van der Waals surface area contributed by atoms with E-state index in [1.807, 2.05) is 31.2 Å². The van der Waals surface area contributed by atoms with Crippen LogP contribution in [0.3, 0.4) is 0 Å². The Kier molecular flexibility index (Phi) is 3.93. The van der Waals surface area contributed by atoms with E-state index in [4.69, 9.17) is 0 Å². The van der Waals surface area contributed by atoms with E-state index >= 15 is 0 Å². The van der Waals surface area contributed by atoms with Crippen LogP contribution in [-0.4, -0.2) is 16.8 Å². The molecule has 0 saturated heterocycles. The summed E-state index contributed by atoms with van der Waals surface area (Å²) in [6, 6.07) is 12.0. The first kappa shape index (κ1) is 15.9. The maximum Gasteiger partial charge on any atom is 0.294 e. The number of aliphatic hydroxyl groups excluding tert-OH is 1. The molecular formula is C19H16FNO3. The number of carbonyl (C=O) groups is 2. The molecule has 1 amide bonds. The molecule has 24 heavy (non-hydrogen) atoms. The first-order chi connectivity index (χ1) is 11.4. The molecule has 122 valence electrons. The van der Waals surface area contributed by atoms with E-state index in [1.54, 1.807) is 0 Å². The summed E-state index contributed by atoms with van der Waals surface area (Å²) < 4.78 is 13.2. The summed E-state index contributed by atoms with van der Waals surface area (Å²) in [6.07, 6.45) is 0. The lowest BCUT2D eigenvalue weighted by Crippen LogP contribution is -2.30. The molecule has 2 aromatic carbocycles. The third-order valence-corrected chi connectivity index (χ3v) is 4.09. The second kappa shape index (κ2) is 5.92. The smallest absolute Gasteiger partial charge is 0.294 e. The van der Waals surface area contributed by atoms with Crippen LogP contribution < -0.4 is 4.90 Å². The Morgan fingerprint density at radius 1 is 1.08 bits per heavy atom. The molecule has 2 aromatic rings. The summed E-state index contributed by atoms with van der Waals surface area (Å²) in [6.45, 7) is 3.24. The van der Waals surface area contributed by atoms with E-state index < -0.39 is 23.5 Å². The van der Waals surface area contributed by atoms with Crippen molar-refractivity contribution in [2.24, 2.45) is 0 Å². The first-order valence-corrected chi connectivity index (χ1v) is 7.50. The van der Waals surface area contributed by atoms with Crippen molar-refractivity contribution in [2.45, 2.75) is 19.9 Å². The molecule has 0 spiro atoms. The number of hydrogen-bond donors (Lipinski definition) is 1. The van der Waals surface area contributed by atoms with Crippen LogP contribution in [0.1, 0.15) is 24.1 Å². The van der Waals surface area contributed by atoms with Crippen molar-refractivity contribution in [2.75, 3.05) is 4.90 Å². The van der Waals surface area contributed by atoms with E-state index in [9.17, 15) is 19.1 Å². The Morgan fingerprint density at radius 2 is 1.67 bits per heavy atom. The van der Waals surface area contributed by atoms with E-state index in [1.165, 1.54) is 36.1 Å². The highest BCUT2D eigenvalue weighted by molar-refractivity contribution is 6.16. The van der Waals surface area contributed by atoms with Crippen LogP contribution in [0, 0.1) is 12.7 Å². The van der Waals surface area contributed by atoms with Gasteiger partial charge in [-0.3, -0.25) is 14.5 Å². The SMILES string of the molecule is CC(=O)C1=C(O)C(=O)N(c2ccc(F)cc2)[C@H]1c1ccc(C)cc1. The minimum absolute atomic E-state index is 0.0492. The standard InChI is InChI=1S/C19H16FNO3/c1-11-3-5-13(6-4-11)17-16(12(2)22)18(23)19(24)21(17)15-9-7-14(20)8-10-15/h3-10,17,23H,1-2H3/t17-/m0/s1. The number of benzene rings is 2. The van der Waals surface area contributed by atoms with Crippen molar-refractivity contribution in [3.8, 4) is 0 Å². The van der Waals surface area contributed by atoms with Crippen LogP contribution in [0.15, 0.2) is 59.9 Å². The van der Waals surface area contributed by atoms with Crippen molar-refractivity contribution in [3.63, 3.8) is 0 Å². The second-order valence-corrected chi connectivity index (χ2v) is 5.78. The molecule has 1 atom stereocenters. The van der Waals surface area contributed by atoms with Crippen LogP contribution >= 0.6 is 0 Å². The molecule has 0 unspecified atom stereocenters. The van der Waals surface area contributed by atoms with Crippen LogP contribution in [0.4, 0.5) is 10.1 Å². The van der Waals surface area contributed by atoms with Gasteiger partial charge in [0.1, 0.15) is 5.82 Å². The summed E-state index contributed by atoms with van der Waals surface area (Å²) in [5, 5.41) is 10.2. The molecule has 0 aliphatic carbocycles. The van der Waals surface area contributed by atoms with Gasteiger partial charge in [0.2, 0.25) is 0 Å². The van der Waals surface area contributed by atoms with Gasteiger partial charge in [-0.15, -0.1) is 0 Å². The van der Waals surface area contributed by atoms with Crippen molar-refractivity contribution in [1.82, 2.24) is 0 Å². The van der Waals surface area contributed by atoms with E-state index in [-0.39, 0.29) is 11.4 Å². The van der Waals surface area contributed by atoms with Crippen molar-refractivity contribution < 1.29 is 19.1 Å². The number of hydrogen-bond acceptors (Lipinski definition) is 3. The Bertz CT molecular complexity index is 838. The number of amides is 1. The average molecular weight is 325 g/mol. The van der Waals surface area contributed by atoms with Crippen LogP contribution in [0.2, 0.25) is 0 Å². The molecule has 5 heteroatoms. The third-order valence-electron chi connectivity index (χ3n) is 4.09. The van der Waals surface area contributed by atoms with Gasteiger partial charge in [-0.25, -0.2) is 4.39 Å². The van der Waals surface area contributed by atoms with Crippen LogP contribution in [0.5, 0.6) is 0 Å². The Balaban J connectivity index is 2.16. The van der Waals surface area contributed by atoms with E-state index in [0.717, 1.165) is 5.56 Å². The molecule has 0 saturated carbocycles. The first-order valence-electron chi connectivity index (χ1n) is 7.50. The molecule has 0 aromatic heterocycles. The normalized spacial score (nSPS) is 17.5. The minimum atomic E-state index is -0.735. The van der Waals surface area contributed by atoms with Gasteiger partial charge in [0.15, 0.2) is 11.5 Å². The Morgan fingerprint density at radius 3 is 2.21 bits per heavy atom. The fourth-order valence-corrected chi connectivity index (χ4v) is 2.90. The second-order valence-electron chi connectivity index (χ2n) is 5.78. The monoisotopic (exact) mass is 325 g/mol. The van der Waals surface area contributed by atoms with E-state index in [2.05, 4.69) is 0 Å². The quantitative estimate of drug-likeness (QED) is 0.937. The summed E-state index contributed by atoms with van der Waals surface area (Å²) >= 11 is 0. The predicted molar refractivity (Wildman–Crippen MR) is 88.1 cm³/mol. The fourth-order valence-electron chi connectivity index (χ4n) is 2.90. The number of nitrogens with zero attached hydrogens (tertiary/aromatic N) is 1. The van der Waals surface area contributed by atoms with Crippen molar-refractivity contribution in [3.05, 3.63) is 76.8 Å². The Hall–Kier alpha value is -2.95. The molecule has 1 heterocycles. The lowest BCUT2D eigenvalue weighted by molar-refractivity contribution is -0.117. The molecule has 0 radical (unpaired) electrons. The number of carbonyl (C=O) groups excluding carboxylic acids is 2. The lowest BCUT2D eigenvalue weighted by atomic mass is 9.96. The van der Waals surface area contributed by atoms with Crippen LogP contribution in [0.25, 0.3) is 0 Å². The highest BCUT2D eigenvalue weighted by Crippen LogP contribution is 2.40. The van der Waals surface area contributed by atoms with Gasteiger partial charge < -0.3 is 5.11 Å². The maximum absolute atomic E-state index is 13.2. The van der Waals surface area contributed by atoms with Gasteiger partial charge in [-0.2, -0.15) is 0 Å². The molecule has 1 N–H and O–H groups in total. The molecule has 1 aliphatic rings. The third kappa shape index (κ3) is 2.58. The average Bonchev–Trinajstić information content (AvgIpc) is 2.81. The summed E-state index contributed by atoms with van der Waals surface area (Å²) in [5.74, 6) is -2.04. The molecule has 0 bridgehead atoms.